The van der Waals surface area contributed by atoms with Crippen LogP contribution in [0.1, 0.15) is 64.1 Å². The minimum absolute atomic E-state index is 0.165. The lowest BCUT2D eigenvalue weighted by atomic mass is 10.0. The summed E-state index contributed by atoms with van der Waals surface area (Å²) in [5.41, 5.74) is -1.83. The number of anilines is 2. The molecule has 0 saturated heterocycles. The molecule has 4 amide bonds. The van der Waals surface area contributed by atoms with Gasteiger partial charge in [-0.3, -0.25) is 48.8 Å². The van der Waals surface area contributed by atoms with Crippen molar-refractivity contribution in [2.75, 3.05) is 10.6 Å². The second kappa shape index (κ2) is 18.7. The Balaban J connectivity index is 1.26. The van der Waals surface area contributed by atoms with E-state index in [4.69, 9.17) is 9.26 Å². The minimum atomic E-state index is -1.26. The highest BCUT2D eigenvalue weighted by molar-refractivity contribution is 6.07. The first-order valence-electron chi connectivity index (χ1n) is 18.3. The maximum atomic E-state index is 13.7. The van der Waals surface area contributed by atoms with E-state index in [1.807, 2.05) is 0 Å². The van der Waals surface area contributed by atoms with E-state index in [9.17, 15) is 53.4 Å². The molecular weight excluding hydrogens is 805 g/mol. The van der Waals surface area contributed by atoms with Crippen LogP contribution in [0.4, 0.5) is 27.1 Å². The predicted molar refractivity (Wildman–Crippen MR) is 214 cm³/mol. The van der Waals surface area contributed by atoms with Crippen molar-refractivity contribution in [2.45, 2.75) is 59.9 Å². The molecule has 0 aliphatic heterocycles. The smallest absolute Gasteiger partial charge is 0.328 e. The van der Waals surface area contributed by atoms with E-state index in [0.717, 1.165) is 36.4 Å². The van der Waals surface area contributed by atoms with Gasteiger partial charge in [-0.25, -0.2) is 4.79 Å². The van der Waals surface area contributed by atoms with E-state index >= 15 is 0 Å². The van der Waals surface area contributed by atoms with Crippen molar-refractivity contribution in [3.63, 3.8) is 0 Å². The lowest BCUT2D eigenvalue weighted by Gasteiger charge is -2.24. The van der Waals surface area contributed by atoms with Gasteiger partial charge in [-0.1, -0.05) is 31.1 Å². The minimum Gasteiger partial charge on any atom is -0.488 e. The number of nitro benzene ring substituents is 2. The molecule has 0 bridgehead atoms. The van der Waals surface area contributed by atoms with Crippen LogP contribution >= 0.6 is 0 Å². The number of aryl methyl sites for hydroxylation is 2. The Morgan fingerprint density at radius 1 is 0.869 bits per heavy atom. The van der Waals surface area contributed by atoms with E-state index in [1.165, 1.54) is 31.2 Å². The van der Waals surface area contributed by atoms with Crippen LogP contribution in [-0.4, -0.2) is 60.3 Å². The fourth-order valence-electron chi connectivity index (χ4n) is 5.79. The van der Waals surface area contributed by atoms with Gasteiger partial charge in [0.1, 0.15) is 30.2 Å². The van der Waals surface area contributed by atoms with Crippen molar-refractivity contribution in [3.8, 4) is 5.75 Å². The summed E-state index contributed by atoms with van der Waals surface area (Å²) in [5, 5.41) is 37.3. The summed E-state index contributed by atoms with van der Waals surface area (Å²) in [4.78, 5) is 102. The van der Waals surface area contributed by atoms with Crippen LogP contribution in [0.15, 0.2) is 81.0 Å². The molecule has 2 atom stereocenters. The fourth-order valence-corrected chi connectivity index (χ4v) is 5.79. The molecule has 0 unspecified atom stereocenters. The zero-order valence-corrected chi connectivity index (χ0v) is 33.1. The maximum Gasteiger partial charge on any atom is 0.328 e. The second-order valence-corrected chi connectivity index (χ2v) is 14.0. The molecule has 0 saturated carbocycles. The number of carbonyl (C=O) groups is 4. The molecule has 0 aliphatic carbocycles. The SMILES string of the molecule is Cc1noc(C)c1COc1cc([N+](=O)[O-])ccc1C(=O)Nc1cc(C(=O)N[C@H](C(=O)N[C@@H](C)C(=O)Nc2ccc(Cn3c(=O)[nH]cc(F)c3=O)cc2)C(C)C)cc([N+](=O)[O-])c1. The lowest BCUT2D eigenvalue weighted by Crippen LogP contribution is -2.53. The number of hydrogen-bond donors (Lipinski definition) is 5. The highest BCUT2D eigenvalue weighted by Crippen LogP contribution is 2.29. The van der Waals surface area contributed by atoms with E-state index in [0.29, 0.717) is 33.3 Å². The van der Waals surface area contributed by atoms with Crippen molar-refractivity contribution in [1.82, 2.24) is 25.3 Å². The van der Waals surface area contributed by atoms with Crippen LogP contribution in [0, 0.1) is 45.8 Å². The molecule has 0 radical (unpaired) electrons. The molecule has 61 heavy (non-hydrogen) atoms. The zero-order chi connectivity index (χ0) is 44.7. The first-order chi connectivity index (χ1) is 28.8. The average Bonchev–Trinajstić information content (AvgIpc) is 3.54. The third-order valence-corrected chi connectivity index (χ3v) is 9.19. The number of ether oxygens (including phenoxy) is 1. The standard InChI is InChI=1S/C39H38FN9O12/c1-19(2)33(37(53)42-21(4)34(50)43-25-8-6-23(7-9-25)17-47-38(54)31(40)16-41-39(47)55)45-35(51)24-12-26(14-28(13-24)49(58)59)44-36(52)29-11-10-27(48(56)57)15-32(29)60-18-30-20(3)46-61-22(30)5/h6-16,19,21,33H,17-18H2,1-5H3,(H,41,55)(H,42,53)(H,43,50)(H,44,52)(H,45,51)/t21-,33-/m0/s1. The molecule has 2 heterocycles. The van der Waals surface area contributed by atoms with E-state index < -0.39 is 74.2 Å². The number of H-pyrrole nitrogens is 1. The normalized spacial score (nSPS) is 11.9. The number of hydrogen-bond acceptors (Lipinski definition) is 13. The summed E-state index contributed by atoms with van der Waals surface area (Å²) >= 11 is 0. The van der Waals surface area contributed by atoms with Crippen molar-refractivity contribution >= 4 is 46.4 Å². The Hall–Kier alpha value is -8.04. The topological polar surface area (TPSA) is 293 Å². The van der Waals surface area contributed by atoms with Gasteiger partial charge in [0.05, 0.1) is 39.3 Å². The Bertz CT molecular complexity index is 2640. The van der Waals surface area contributed by atoms with Crippen LogP contribution in [0.2, 0.25) is 0 Å². The number of aromatic amines is 1. The van der Waals surface area contributed by atoms with Gasteiger partial charge in [-0.05, 0) is 56.5 Å². The second-order valence-electron chi connectivity index (χ2n) is 14.0. The molecule has 5 rings (SSSR count). The lowest BCUT2D eigenvalue weighted by molar-refractivity contribution is -0.385. The molecule has 5 N–H and O–H groups in total. The summed E-state index contributed by atoms with van der Waals surface area (Å²) in [6.07, 6.45) is 0.665. The highest BCUT2D eigenvalue weighted by Gasteiger charge is 2.29. The summed E-state index contributed by atoms with van der Waals surface area (Å²) < 4.78 is 25.2. The largest absolute Gasteiger partial charge is 0.488 e. The molecule has 0 aliphatic rings. The summed E-state index contributed by atoms with van der Waals surface area (Å²) in [6.45, 7) is 7.48. The number of amides is 4. The fraction of sp³-hybridized carbons (Fsp3) is 0.256. The summed E-state index contributed by atoms with van der Waals surface area (Å²) in [6, 6.07) is 9.80. The van der Waals surface area contributed by atoms with Gasteiger partial charge < -0.3 is 35.5 Å². The Labute approximate surface area is 343 Å². The summed E-state index contributed by atoms with van der Waals surface area (Å²) in [7, 11) is 0. The predicted octanol–water partition coefficient (Wildman–Crippen LogP) is 3.87. The molecule has 3 aromatic carbocycles. The van der Waals surface area contributed by atoms with Crippen LogP contribution in [0.25, 0.3) is 0 Å². The number of carbonyl (C=O) groups excluding carboxylic acids is 4. The molecule has 5 aromatic rings. The first kappa shape index (κ1) is 44.1. The Morgan fingerprint density at radius 3 is 2.18 bits per heavy atom. The molecule has 22 heteroatoms. The van der Waals surface area contributed by atoms with Crippen LogP contribution < -0.4 is 37.3 Å². The molecule has 21 nitrogen and oxygen atoms in total. The molecular formula is C39H38FN9O12. The van der Waals surface area contributed by atoms with Crippen LogP contribution in [0.3, 0.4) is 0 Å². The van der Waals surface area contributed by atoms with Gasteiger partial charge in [0.25, 0.3) is 28.7 Å². The number of nitro groups is 2. The third-order valence-electron chi connectivity index (χ3n) is 9.19. The zero-order valence-electron chi connectivity index (χ0n) is 33.1. The van der Waals surface area contributed by atoms with Crippen LogP contribution in [-0.2, 0) is 22.7 Å². The number of aromatic nitrogens is 3. The van der Waals surface area contributed by atoms with Gasteiger partial charge >= 0.3 is 5.69 Å². The van der Waals surface area contributed by atoms with Crippen molar-refractivity contribution < 1.29 is 42.7 Å². The number of nitrogens with one attached hydrogen (secondary N) is 5. The first-order valence-corrected chi connectivity index (χ1v) is 18.3. The molecule has 318 valence electrons. The quantitative estimate of drug-likeness (QED) is 0.0697. The van der Waals surface area contributed by atoms with E-state index in [1.54, 1.807) is 27.7 Å². The maximum absolute atomic E-state index is 13.7. The van der Waals surface area contributed by atoms with Gasteiger partial charge in [-0.2, -0.15) is 4.39 Å². The van der Waals surface area contributed by atoms with Crippen molar-refractivity contribution in [1.29, 1.82) is 0 Å². The van der Waals surface area contributed by atoms with E-state index in [2.05, 4.69) is 31.4 Å². The number of benzene rings is 3. The van der Waals surface area contributed by atoms with Gasteiger partial charge in [0, 0.05) is 41.3 Å². The van der Waals surface area contributed by atoms with E-state index in [-0.39, 0.29) is 47.1 Å². The monoisotopic (exact) mass is 843 g/mol. The molecule has 0 fully saturated rings. The highest BCUT2D eigenvalue weighted by atomic mass is 19.1. The number of non-ortho nitro benzene ring substituents is 2. The van der Waals surface area contributed by atoms with Crippen molar-refractivity contribution in [3.05, 3.63) is 147 Å². The summed E-state index contributed by atoms with van der Waals surface area (Å²) in [5.74, 6) is -4.72. The third kappa shape index (κ3) is 10.7. The van der Waals surface area contributed by atoms with Crippen LogP contribution in [0.5, 0.6) is 5.75 Å². The number of rotatable bonds is 16. The van der Waals surface area contributed by atoms with Gasteiger partial charge in [-0.15, -0.1) is 0 Å². The Morgan fingerprint density at radius 2 is 1.56 bits per heavy atom. The van der Waals surface area contributed by atoms with Gasteiger partial charge in [0.2, 0.25) is 17.6 Å². The van der Waals surface area contributed by atoms with Crippen molar-refractivity contribution in [2.24, 2.45) is 5.92 Å². The Kier molecular flexibility index (Phi) is 13.5. The van der Waals surface area contributed by atoms with Gasteiger partial charge in [0.15, 0.2) is 0 Å². The number of halogens is 1. The number of nitrogens with zero attached hydrogens (tertiary/aromatic N) is 4. The molecule has 0 spiro atoms. The molecule has 2 aromatic heterocycles. The average molecular weight is 844 g/mol.